The summed E-state index contributed by atoms with van der Waals surface area (Å²) in [5.41, 5.74) is 2.41. The van der Waals surface area contributed by atoms with Crippen LogP contribution in [0.15, 0.2) is 75.6 Å². The van der Waals surface area contributed by atoms with Crippen molar-refractivity contribution in [3.05, 3.63) is 77.0 Å². The molecule has 0 aliphatic carbocycles. The summed E-state index contributed by atoms with van der Waals surface area (Å²) >= 11 is 3.34. The Bertz CT molecular complexity index is 1120. The first-order valence-electron chi connectivity index (χ1n) is 8.41. The number of fused-ring (bicyclic) bond motifs is 1. The van der Waals surface area contributed by atoms with E-state index in [0.29, 0.717) is 34.0 Å². The van der Waals surface area contributed by atoms with E-state index >= 15 is 0 Å². The van der Waals surface area contributed by atoms with Gasteiger partial charge in [0.2, 0.25) is 5.89 Å². The molecule has 0 saturated heterocycles. The molecule has 0 saturated carbocycles. The highest BCUT2D eigenvalue weighted by Gasteiger charge is 2.10. The van der Waals surface area contributed by atoms with Gasteiger partial charge in [0.05, 0.1) is 0 Å². The number of rotatable bonds is 5. The monoisotopic (exact) mass is 440 g/mol. The normalized spacial score (nSPS) is 10.8. The molecule has 1 aromatic heterocycles. The zero-order valence-corrected chi connectivity index (χ0v) is 16.1. The van der Waals surface area contributed by atoms with Crippen molar-refractivity contribution in [2.75, 3.05) is 11.9 Å². The Labute approximate surface area is 168 Å². The van der Waals surface area contributed by atoms with Crippen LogP contribution >= 0.6 is 15.9 Å². The molecule has 7 heteroatoms. The van der Waals surface area contributed by atoms with Gasteiger partial charge in [-0.05, 0) is 66.7 Å². The van der Waals surface area contributed by atoms with Gasteiger partial charge < -0.3 is 14.5 Å². The molecule has 4 aromatic rings. The van der Waals surface area contributed by atoms with Gasteiger partial charge in [0.1, 0.15) is 17.1 Å². The molecular weight excluding hydrogens is 427 g/mol. The Morgan fingerprint density at radius 3 is 2.57 bits per heavy atom. The highest BCUT2D eigenvalue weighted by molar-refractivity contribution is 9.10. The molecule has 0 bridgehead atoms. The molecular formula is C21H14BrFN2O3. The zero-order chi connectivity index (χ0) is 19.5. The fraction of sp³-hybridized carbons (Fsp3) is 0.0476. The number of anilines is 1. The molecule has 0 aliphatic heterocycles. The van der Waals surface area contributed by atoms with Crippen LogP contribution in [0, 0.1) is 5.82 Å². The predicted octanol–water partition coefficient (Wildman–Crippen LogP) is 5.41. The average molecular weight is 441 g/mol. The highest BCUT2D eigenvalue weighted by Crippen LogP contribution is 2.26. The van der Waals surface area contributed by atoms with Gasteiger partial charge in [-0.3, -0.25) is 4.79 Å². The van der Waals surface area contributed by atoms with Crippen LogP contribution < -0.4 is 10.1 Å². The van der Waals surface area contributed by atoms with E-state index in [0.717, 1.165) is 4.47 Å². The van der Waals surface area contributed by atoms with Crippen molar-refractivity contribution >= 4 is 38.6 Å². The van der Waals surface area contributed by atoms with E-state index < -0.39 is 0 Å². The number of hydrogen-bond donors (Lipinski definition) is 1. The second-order valence-corrected chi connectivity index (χ2v) is 6.91. The molecule has 1 heterocycles. The standard InChI is InChI=1S/C21H14BrFN2O3/c22-14-3-8-17(9-4-14)27-12-20(26)24-16-7-10-19-18(11-16)25-21(28-19)13-1-5-15(23)6-2-13/h1-11H,12H2,(H,24,26). The second kappa shape index (κ2) is 7.82. The first-order valence-corrected chi connectivity index (χ1v) is 9.21. The summed E-state index contributed by atoms with van der Waals surface area (Å²) in [6.45, 7) is -0.112. The van der Waals surface area contributed by atoms with Gasteiger partial charge in [0, 0.05) is 15.7 Å². The van der Waals surface area contributed by atoms with Crippen molar-refractivity contribution in [3.63, 3.8) is 0 Å². The lowest BCUT2D eigenvalue weighted by molar-refractivity contribution is -0.118. The average Bonchev–Trinajstić information content (AvgIpc) is 3.11. The lowest BCUT2D eigenvalue weighted by atomic mass is 10.2. The zero-order valence-electron chi connectivity index (χ0n) is 14.5. The fourth-order valence-electron chi connectivity index (χ4n) is 2.60. The van der Waals surface area contributed by atoms with E-state index in [1.807, 2.05) is 12.1 Å². The van der Waals surface area contributed by atoms with Crippen LogP contribution in [0.25, 0.3) is 22.6 Å². The lowest BCUT2D eigenvalue weighted by Crippen LogP contribution is -2.20. The maximum absolute atomic E-state index is 13.1. The Balaban J connectivity index is 1.44. The van der Waals surface area contributed by atoms with Crippen molar-refractivity contribution in [2.24, 2.45) is 0 Å². The molecule has 5 nitrogen and oxygen atoms in total. The molecule has 3 aromatic carbocycles. The van der Waals surface area contributed by atoms with E-state index in [9.17, 15) is 9.18 Å². The fourth-order valence-corrected chi connectivity index (χ4v) is 2.86. The summed E-state index contributed by atoms with van der Waals surface area (Å²) in [7, 11) is 0. The summed E-state index contributed by atoms with van der Waals surface area (Å²) in [4.78, 5) is 16.5. The Hall–Kier alpha value is -3.19. The summed E-state index contributed by atoms with van der Waals surface area (Å²) in [5, 5.41) is 2.77. The molecule has 0 unspecified atom stereocenters. The van der Waals surface area contributed by atoms with E-state index in [-0.39, 0.29) is 18.3 Å². The third kappa shape index (κ3) is 4.20. The lowest BCUT2D eigenvalue weighted by Gasteiger charge is -2.07. The first kappa shape index (κ1) is 18.2. The van der Waals surface area contributed by atoms with E-state index in [1.165, 1.54) is 12.1 Å². The van der Waals surface area contributed by atoms with Crippen molar-refractivity contribution in [1.29, 1.82) is 0 Å². The molecule has 0 spiro atoms. The first-order chi connectivity index (χ1) is 13.6. The summed E-state index contributed by atoms with van der Waals surface area (Å²) < 4.78 is 25.2. The maximum Gasteiger partial charge on any atom is 0.262 e. The third-order valence-corrected chi connectivity index (χ3v) is 4.47. The highest BCUT2D eigenvalue weighted by atomic mass is 79.9. The van der Waals surface area contributed by atoms with Crippen LogP contribution in [0.4, 0.5) is 10.1 Å². The number of nitrogens with zero attached hydrogens (tertiary/aromatic N) is 1. The van der Waals surface area contributed by atoms with E-state index in [2.05, 4.69) is 26.2 Å². The summed E-state index contributed by atoms with van der Waals surface area (Å²) in [6, 6.07) is 18.3. The molecule has 140 valence electrons. The topological polar surface area (TPSA) is 64.4 Å². The second-order valence-electron chi connectivity index (χ2n) is 6.00. The summed E-state index contributed by atoms with van der Waals surface area (Å²) in [5.74, 6) is 0.381. The SMILES string of the molecule is O=C(COc1ccc(Br)cc1)Nc1ccc2oc(-c3ccc(F)cc3)nc2c1. The Morgan fingerprint density at radius 2 is 1.82 bits per heavy atom. The number of nitrogens with one attached hydrogen (secondary N) is 1. The minimum atomic E-state index is -0.324. The van der Waals surface area contributed by atoms with Crippen molar-refractivity contribution in [2.45, 2.75) is 0 Å². The van der Waals surface area contributed by atoms with Crippen LogP contribution in [0.2, 0.25) is 0 Å². The van der Waals surface area contributed by atoms with E-state index in [1.54, 1.807) is 42.5 Å². The van der Waals surface area contributed by atoms with Gasteiger partial charge >= 0.3 is 0 Å². The number of benzene rings is 3. The van der Waals surface area contributed by atoms with Crippen LogP contribution in [0.5, 0.6) is 5.75 Å². The minimum Gasteiger partial charge on any atom is -0.484 e. The molecule has 0 fully saturated rings. The number of amides is 1. The van der Waals surface area contributed by atoms with Crippen LogP contribution in [-0.2, 0) is 4.79 Å². The molecule has 0 atom stereocenters. The van der Waals surface area contributed by atoms with Crippen molar-refractivity contribution in [1.82, 2.24) is 4.98 Å². The van der Waals surface area contributed by atoms with Crippen molar-refractivity contribution < 1.29 is 18.3 Å². The smallest absolute Gasteiger partial charge is 0.262 e. The third-order valence-electron chi connectivity index (χ3n) is 3.95. The van der Waals surface area contributed by atoms with Crippen LogP contribution in [0.1, 0.15) is 0 Å². The molecule has 1 amide bonds. The van der Waals surface area contributed by atoms with Crippen molar-refractivity contribution in [3.8, 4) is 17.2 Å². The number of aromatic nitrogens is 1. The molecule has 0 radical (unpaired) electrons. The largest absolute Gasteiger partial charge is 0.484 e. The Morgan fingerprint density at radius 1 is 1.07 bits per heavy atom. The number of oxazole rings is 1. The quantitative estimate of drug-likeness (QED) is 0.450. The maximum atomic E-state index is 13.1. The van der Waals surface area contributed by atoms with Gasteiger partial charge in [-0.15, -0.1) is 0 Å². The Kier molecular flexibility index (Phi) is 5.08. The molecule has 1 N–H and O–H groups in total. The number of halogens is 2. The number of ether oxygens (including phenoxy) is 1. The molecule has 28 heavy (non-hydrogen) atoms. The van der Waals surface area contributed by atoms with Crippen LogP contribution in [0.3, 0.4) is 0 Å². The number of carbonyl (C=O) groups excluding carboxylic acids is 1. The predicted molar refractivity (Wildman–Crippen MR) is 108 cm³/mol. The van der Waals surface area contributed by atoms with Gasteiger partial charge in [-0.25, -0.2) is 9.37 Å². The van der Waals surface area contributed by atoms with Gasteiger partial charge in [0.25, 0.3) is 5.91 Å². The molecule has 0 aliphatic rings. The van der Waals surface area contributed by atoms with Gasteiger partial charge in [-0.2, -0.15) is 0 Å². The number of carbonyl (C=O) groups is 1. The molecule has 4 rings (SSSR count). The minimum absolute atomic E-state index is 0.112. The van der Waals surface area contributed by atoms with Gasteiger partial charge in [0.15, 0.2) is 12.2 Å². The van der Waals surface area contributed by atoms with Gasteiger partial charge in [-0.1, -0.05) is 15.9 Å². The number of hydrogen-bond acceptors (Lipinski definition) is 4. The van der Waals surface area contributed by atoms with E-state index in [4.69, 9.17) is 9.15 Å². The summed E-state index contributed by atoms with van der Waals surface area (Å²) in [6.07, 6.45) is 0. The van der Waals surface area contributed by atoms with Crippen LogP contribution in [-0.4, -0.2) is 17.5 Å².